The van der Waals surface area contributed by atoms with Crippen LogP contribution in [0.1, 0.15) is 27.9 Å². The van der Waals surface area contributed by atoms with Gasteiger partial charge in [0, 0.05) is 25.2 Å². The van der Waals surface area contributed by atoms with Crippen molar-refractivity contribution in [3.63, 3.8) is 0 Å². The molecule has 1 aliphatic heterocycles. The van der Waals surface area contributed by atoms with E-state index in [0.717, 1.165) is 0 Å². The average molecular weight is 273 g/mol. The number of fused-ring (bicyclic) bond motifs is 1. The number of Topliss-reactive ketones (excluding diaryl/α,β-unsaturated/α-hetero) is 1. The van der Waals surface area contributed by atoms with Crippen molar-refractivity contribution in [1.29, 1.82) is 0 Å². The summed E-state index contributed by atoms with van der Waals surface area (Å²) >= 11 is 0. The lowest BCUT2D eigenvalue weighted by atomic mass is 10.2. The molecule has 6 heteroatoms. The van der Waals surface area contributed by atoms with E-state index in [1.807, 2.05) is 0 Å². The lowest BCUT2D eigenvalue weighted by Gasteiger charge is -2.27. The third-order valence-corrected chi connectivity index (χ3v) is 3.28. The van der Waals surface area contributed by atoms with E-state index in [-0.39, 0.29) is 23.2 Å². The Balaban J connectivity index is 1.96. The van der Waals surface area contributed by atoms with Crippen molar-refractivity contribution in [2.75, 3.05) is 11.4 Å². The topological polar surface area (TPSA) is 55.2 Å². The van der Waals surface area contributed by atoms with Crippen LogP contribution in [0, 0.1) is 5.82 Å². The van der Waals surface area contributed by atoms with Crippen molar-refractivity contribution in [3.8, 4) is 0 Å². The molecule has 0 aliphatic carbocycles. The molecular formula is C14H12FN3O2. The van der Waals surface area contributed by atoms with Crippen molar-refractivity contribution in [2.24, 2.45) is 0 Å². The van der Waals surface area contributed by atoms with Crippen LogP contribution >= 0.6 is 0 Å². The number of ketones is 1. The molecule has 1 aromatic heterocycles. The van der Waals surface area contributed by atoms with Gasteiger partial charge in [0.25, 0.3) is 5.91 Å². The first-order chi connectivity index (χ1) is 9.56. The molecule has 20 heavy (non-hydrogen) atoms. The highest BCUT2D eigenvalue weighted by Gasteiger charge is 2.28. The summed E-state index contributed by atoms with van der Waals surface area (Å²) in [5.74, 6) is -0.752. The van der Waals surface area contributed by atoms with Crippen molar-refractivity contribution in [2.45, 2.75) is 13.5 Å². The SMILES string of the molecule is CC(=O)c1cc2n(n1)CCN(c1ccc(F)cc1)C2=O. The summed E-state index contributed by atoms with van der Waals surface area (Å²) in [6.45, 7) is 2.36. The number of benzene rings is 1. The van der Waals surface area contributed by atoms with Gasteiger partial charge in [-0.15, -0.1) is 0 Å². The molecule has 0 atom stereocenters. The summed E-state index contributed by atoms with van der Waals surface area (Å²) < 4.78 is 14.5. The van der Waals surface area contributed by atoms with Gasteiger partial charge in [-0.05, 0) is 24.3 Å². The number of amides is 1. The van der Waals surface area contributed by atoms with Gasteiger partial charge < -0.3 is 4.90 Å². The van der Waals surface area contributed by atoms with Crippen LogP contribution in [0.25, 0.3) is 0 Å². The Labute approximate surface area is 114 Å². The third kappa shape index (κ3) is 1.99. The minimum Gasteiger partial charge on any atom is -0.305 e. The van der Waals surface area contributed by atoms with Gasteiger partial charge in [0.2, 0.25) is 0 Å². The lowest BCUT2D eigenvalue weighted by Crippen LogP contribution is -2.40. The first-order valence-corrected chi connectivity index (χ1v) is 6.22. The van der Waals surface area contributed by atoms with Crippen molar-refractivity contribution < 1.29 is 14.0 Å². The molecule has 0 bridgehead atoms. The minimum atomic E-state index is -0.345. The van der Waals surface area contributed by atoms with Crippen LogP contribution in [0.4, 0.5) is 10.1 Å². The largest absolute Gasteiger partial charge is 0.305 e. The molecule has 0 saturated carbocycles. The monoisotopic (exact) mass is 273 g/mol. The Morgan fingerprint density at radius 1 is 1.25 bits per heavy atom. The number of aromatic nitrogens is 2. The van der Waals surface area contributed by atoms with Crippen molar-refractivity contribution in [3.05, 3.63) is 47.5 Å². The number of rotatable bonds is 2. The van der Waals surface area contributed by atoms with E-state index >= 15 is 0 Å². The van der Waals surface area contributed by atoms with E-state index in [1.54, 1.807) is 21.7 Å². The van der Waals surface area contributed by atoms with E-state index in [2.05, 4.69) is 5.10 Å². The summed E-state index contributed by atoms with van der Waals surface area (Å²) in [5.41, 5.74) is 1.30. The zero-order chi connectivity index (χ0) is 14.3. The normalized spacial score (nSPS) is 14.3. The van der Waals surface area contributed by atoms with E-state index in [0.29, 0.717) is 24.5 Å². The number of hydrogen-bond donors (Lipinski definition) is 0. The maximum atomic E-state index is 12.9. The second-order valence-electron chi connectivity index (χ2n) is 4.63. The zero-order valence-electron chi connectivity index (χ0n) is 10.8. The molecule has 0 unspecified atom stereocenters. The van der Waals surface area contributed by atoms with Gasteiger partial charge in [0.15, 0.2) is 5.78 Å². The molecule has 2 heterocycles. The number of anilines is 1. The smallest absolute Gasteiger partial charge is 0.276 e. The van der Waals surface area contributed by atoms with Gasteiger partial charge >= 0.3 is 0 Å². The first-order valence-electron chi connectivity index (χ1n) is 6.22. The van der Waals surface area contributed by atoms with Gasteiger partial charge in [-0.3, -0.25) is 14.3 Å². The van der Waals surface area contributed by atoms with E-state index in [4.69, 9.17) is 0 Å². The van der Waals surface area contributed by atoms with Crippen LogP contribution in [0.2, 0.25) is 0 Å². The maximum Gasteiger partial charge on any atom is 0.276 e. The highest BCUT2D eigenvalue weighted by molar-refractivity contribution is 6.07. The summed E-state index contributed by atoms with van der Waals surface area (Å²) in [4.78, 5) is 25.3. The van der Waals surface area contributed by atoms with Crippen LogP contribution in [0.3, 0.4) is 0 Å². The molecular weight excluding hydrogens is 261 g/mol. The highest BCUT2D eigenvalue weighted by Crippen LogP contribution is 2.21. The molecule has 5 nitrogen and oxygen atoms in total. The lowest BCUT2D eigenvalue weighted by molar-refractivity contribution is 0.0960. The molecule has 1 aliphatic rings. The number of hydrogen-bond acceptors (Lipinski definition) is 3. The molecule has 0 N–H and O–H groups in total. The molecule has 0 spiro atoms. The van der Waals surface area contributed by atoms with Gasteiger partial charge in [-0.25, -0.2) is 4.39 Å². The van der Waals surface area contributed by atoms with Crippen LogP contribution in [-0.2, 0) is 6.54 Å². The highest BCUT2D eigenvalue weighted by atomic mass is 19.1. The maximum absolute atomic E-state index is 12.9. The first kappa shape index (κ1) is 12.5. The van der Waals surface area contributed by atoms with Crippen LogP contribution < -0.4 is 4.90 Å². The fourth-order valence-corrected chi connectivity index (χ4v) is 2.23. The molecule has 0 saturated heterocycles. The zero-order valence-corrected chi connectivity index (χ0v) is 10.8. The van der Waals surface area contributed by atoms with Crippen molar-refractivity contribution in [1.82, 2.24) is 9.78 Å². The third-order valence-electron chi connectivity index (χ3n) is 3.28. The predicted molar refractivity (Wildman–Crippen MR) is 70.3 cm³/mol. The Hall–Kier alpha value is -2.50. The summed E-state index contributed by atoms with van der Waals surface area (Å²) in [7, 11) is 0. The summed E-state index contributed by atoms with van der Waals surface area (Å²) in [6.07, 6.45) is 0. The van der Waals surface area contributed by atoms with Crippen LogP contribution in [0.5, 0.6) is 0 Å². The molecule has 102 valence electrons. The van der Waals surface area contributed by atoms with Gasteiger partial charge in [0.1, 0.15) is 17.2 Å². The second-order valence-corrected chi connectivity index (χ2v) is 4.63. The minimum absolute atomic E-state index is 0.173. The van der Waals surface area contributed by atoms with Crippen LogP contribution in [-0.4, -0.2) is 28.0 Å². The van der Waals surface area contributed by atoms with E-state index < -0.39 is 0 Å². The summed E-state index contributed by atoms with van der Waals surface area (Å²) in [6, 6.07) is 7.25. The Kier molecular flexibility index (Phi) is 2.85. The van der Waals surface area contributed by atoms with Gasteiger partial charge in [-0.2, -0.15) is 5.10 Å². The number of nitrogens with zero attached hydrogens (tertiary/aromatic N) is 3. The Morgan fingerprint density at radius 2 is 1.95 bits per heavy atom. The molecule has 1 aromatic carbocycles. The van der Waals surface area contributed by atoms with Gasteiger partial charge in [0.05, 0.1) is 6.54 Å². The fraction of sp³-hybridized carbons (Fsp3) is 0.214. The summed E-state index contributed by atoms with van der Waals surface area (Å²) in [5, 5.41) is 4.10. The Bertz CT molecular complexity index is 691. The second kappa shape index (κ2) is 4.56. The number of carbonyl (C=O) groups excluding carboxylic acids is 2. The molecule has 0 radical (unpaired) electrons. The number of carbonyl (C=O) groups is 2. The average Bonchev–Trinajstić information content (AvgIpc) is 2.86. The molecule has 2 aromatic rings. The molecule has 1 amide bonds. The quantitative estimate of drug-likeness (QED) is 0.785. The van der Waals surface area contributed by atoms with Crippen LogP contribution in [0.15, 0.2) is 30.3 Å². The van der Waals surface area contributed by atoms with Gasteiger partial charge in [-0.1, -0.05) is 0 Å². The van der Waals surface area contributed by atoms with Crippen molar-refractivity contribution >= 4 is 17.4 Å². The molecule has 3 rings (SSSR count). The standard InChI is InChI=1S/C14H12FN3O2/c1-9(19)12-8-13-14(20)17(6-7-18(13)16-12)11-4-2-10(15)3-5-11/h2-5,8H,6-7H2,1H3. The Morgan fingerprint density at radius 3 is 2.60 bits per heavy atom. The van der Waals surface area contributed by atoms with E-state index in [9.17, 15) is 14.0 Å². The number of halogens is 1. The van der Waals surface area contributed by atoms with E-state index in [1.165, 1.54) is 25.1 Å². The molecule has 0 fully saturated rings. The fourth-order valence-electron chi connectivity index (χ4n) is 2.23. The predicted octanol–water partition coefficient (Wildman–Crippen LogP) is 1.89.